The molecule has 146 valence electrons. The fraction of sp³-hybridized carbons (Fsp3) is 0.913. The van der Waals surface area contributed by atoms with Crippen molar-refractivity contribution in [1.29, 1.82) is 0 Å². The molecule has 0 aromatic carbocycles. The molecule has 3 nitrogen and oxygen atoms in total. The molecule has 4 aliphatic carbocycles. The van der Waals surface area contributed by atoms with Gasteiger partial charge >= 0.3 is 0 Å². The van der Waals surface area contributed by atoms with Gasteiger partial charge in [-0.3, -0.25) is 9.59 Å². The lowest BCUT2D eigenvalue weighted by atomic mass is 9.42. The molecule has 1 N–H and O–H groups in total. The number of hydrogen-bond donors (Lipinski definition) is 1. The zero-order valence-electron chi connectivity index (χ0n) is 17.0. The molecular formula is C23H36O3. The summed E-state index contributed by atoms with van der Waals surface area (Å²) in [5.74, 6) is 3.11. The molecular weight excluding hydrogens is 324 g/mol. The highest BCUT2D eigenvalue weighted by molar-refractivity contribution is 5.88. The number of aliphatic hydroxyl groups is 1. The standard InChI is InChI=1S/C23H36O3/c1-13(12-24)16-5-6-17-20-18(8-10-22(16,17)3)23(4)9-7-15(25)11-19(23)14(2)21(20)26/h13-14,16-20,24H,5-12H2,1-4H3/t13-,14-,16-,17?,18?,19+,20?,22-,23-/m1/s1. The largest absolute Gasteiger partial charge is 0.396 e. The summed E-state index contributed by atoms with van der Waals surface area (Å²) < 4.78 is 0. The fourth-order valence-electron chi connectivity index (χ4n) is 8.26. The molecule has 0 aromatic rings. The van der Waals surface area contributed by atoms with E-state index < -0.39 is 0 Å². The van der Waals surface area contributed by atoms with Gasteiger partial charge in [-0.15, -0.1) is 0 Å². The molecule has 4 fully saturated rings. The molecule has 0 bridgehead atoms. The van der Waals surface area contributed by atoms with Gasteiger partial charge in [0.1, 0.15) is 11.6 Å². The van der Waals surface area contributed by atoms with Crippen molar-refractivity contribution in [2.45, 2.75) is 72.6 Å². The molecule has 9 atom stereocenters. The first kappa shape index (κ1) is 18.7. The van der Waals surface area contributed by atoms with E-state index in [-0.39, 0.29) is 35.2 Å². The van der Waals surface area contributed by atoms with E-state index in [9.17, 15) is 14.7 Å². The van der Waals surface area contributed by atoms with Crippen molar-refractivity contribution in [3.63, 3.8) is 0 Å². The van der Waals surface area contributed by atoms with Gasteiger partial charge in [0.2, 0.25) is 0 Å². The van der Waals surface area contributed by atoms with Crippen molar-refractivity contribution >= 4 is 11.6 Å². The van der Waals surface area contributed by atoms with Crippen LogP contribution in [0.25, 0.3) is 0 Å². The maximum atomic E-state index is 13.5. The lowest BCUT2D eigenvalue weighted by Gasteiger charge is -2.61. The van der Waals surface area contributed by atoms with Crippen LogP contribution in [0.2, 0.25) is 0 Å². The Morgan fingerprint density at radius 1 is 1.04 bits per heavy atom. The fourth-order valence-corrected chi connectivity index (χ4v) is 8.26. The number of Topliss-reactive ketones (excluding diaryl/α,β-unsaturated/α-hetero) is 2. The summed E-state index contributed by atoms with van der Waals surface area (Å²) in [6.07, 6.45) is 6.94. The van der Waals surface area contributed by atoms with Gasteiger partial charge in [0.15, 0.2) is 0 Å². The second-order valence-corrected chi connectivity index (χ2v) is 10.7. The zero-order chi connectivity index (χ0) is 18.9. The van der Waals surface area contributed by atoms with E-state index >= 15 is 0 Å². The lowest BCUT2D eigenvalue weighted by Crippen LogP contribution is -2.60. The van der Waals surface area contributed by atoms with Crippen LogP contribution in [-0.4, -0.2) is 23.3 Å². The van der Waals surface area contributed by atoms with E-state index in [1.165, 1.54) is 6.42 Å². The molecule has 3 heteroatoms. The Morgan fingerprint density at radius 2 is 1.73 bits per heavy atom. The van der Waals surface area contributed by atoms with Crippen LogP contribution in [0.4, 0.5) is 0 Å². The van der Waals surface area contributed by atoms with E-state index in [4.69, 9.17) is 0 Å². The summed E-state index contributed by atoms with van der Waals surface area (Å²) in [5.41, 5.74) is 0.361. The van der Waals surface area contributed by atoms with E-state index in [0.29, 0.717) is 48.1 Å². The Kier molecular flexibility index (Phi) is 4.42. The van der Waals surface area contributed by atoms with Crippen molar-refractivity contribution in [1.82, 2.24) is 0 Å². The number of hydrogen-bond acceptors (Lipinski definition) is 3. The Balaban J connectivity index is 1.70. The van der Waals surface area contributed by atoms with Gasteiger partial charge in [0.05, 0.1) is 0 Å². The Hall–Kier alpha value is -0.700. The molecule has 3 unspecified atom stereocenters. The normalized spacial score (nSPS) is 52.2. The second-order valence-electron chi connectivity index (χ2n) is 10.7. The molecule has 0 aromatic heterocycles. The minimum Gasteiger partial charge on any atom is -0.396 e. The third-order valence-corrected chi connectivity index (χ3v) is 9.78. The summed E-state index contributed by atoms with van der Waals surface area (Å²) >= 11 is 0. The highest BCUT2D eigenvalue weighted by Crippen LogP contribution is 2.68. The highest BCUT2D eigenvalue weighted by Gasteiger charge is 2.64. The third-order valence-electron chi connectivity index (χ3n) is 9.78. The van der Waals surface area contributed by atoms with Crippen molar-refractivity contribution in [3.8, 4) is 0 Å². The smallest absolute Gasteiger partial charge is 0.139 e. The molecule has 0 spiro atoms. The van der Waals surface area contributed by atoms with Crippen LogP contribution < -0.4 is 0 Å². The van der Waals surface area contributed by atoms with Crippen LogP contribution in [0.1, 0.15) is 72.6 Å². The van der Waals surface area contributed by atoms with E-state index in [0.717, 1.165) is 25.7 Å². The van der Waals surface area contributed by atoms with Crippen LogP contribution in [0, 0.1) is 52.3 Å². The van der Waals surface area contributed by atoms with Crippen molar-refractivity contribution in [3.05, 3.63) is 0 Å². The van der Waals surface area contributed by atoms with Gasteiger partial charge in [-0.25, -0.2) is 0 Å². The Morgan fingerprint density at radius 3 is 2.42 bits per heavy atom. The van der Waals surface area contributed by atoms with Gasteiger partial charge in [0.25, 0.3) is 0 Å². The summed E-state index contributed by atoms with van der Waals surface area (Å²) in [4.78, 5) is 25.7. The summed E-state index contributed by atoms with van der Waals surface area (Å²) in [7, 11) is 0. The minimum atomic E-state index is 0.0298. The summed E-state index contributed by atoms with van der Waals surface area (Å²) in [6.45, 7) is 9.35. The molecule has 4 aliphatic rings. The molecule has 4 saturated carbocycles. The molecule has 0 amide bonds. The SMILES string of the molecule is C[C@H](CO)[C@H]1CCC2C3C(=O)[C@H](C)[C@@H]4CC(=O)CC[C@]4(C)C3CC[C@@]21C. The number of carbonyl (C=O) groups is 2. The average molecular weight is 361 g/mol. The van der Waals surface area contributed by atoms with Gasteiger partial charge in [-0.1, -0.05) is 27.7 Å². The van der Waals surface area contributed by atoms with Crippen molar-refractivity contribution < 1.29 is 14.7 Å². The van der Waals surface area contributed by atoms with Gasteiger partial charge in [0, 0.05) is 31.3 Å². The first-order valence-corrected chi connectivity index (χ1v) is 10.9. The summed E-state index contributed by atoms with van der Waals surface area (Å²) in [6, 6.07) is 0. The average Bonchev–Trinajstić information content (AvgIpc) is 2.97. The predicted molar refractivity (Wildman–Crippen MR) is 101 cm³/mol. The van der Waals surface area contributed by atoms with Gasteiger partial charge in [-0.2, -0.15) is 0 Å². The van der Waals surface area contributed by atoms with Crippen LogP contribution in [-0.2, 0) is 9.59 Å². The molecule has 4 rings (SSSR count). The molecule has 26 heavy (non-hydrogen) atoms. The van der Waals surface area contributed by atoms with Crippen LogP contribution in [0.3, 0.4) is 0 Å². The molecule has 0 saturated heterocycles. The number of aliphatic hydroxyl groups excluding tert-OH is 1. The first-order chi connectivity index (χ1) is 12.2. The molecule has 0 radical (unpaired) electrons. The zero-order valence-corrected chi connectivity index (χ0v) is 17.0. The molecule has 0 heterocycles. The number of rotatable bonds is 2. The summed E-state index contributed by atoms with van der Waals surface area (Å²) in [5, 5.41) is 9.75. The van der Waals surface area contributed by atoms with E-state index in [1.54, 1.807) is 0 Å². The first-order valence-electron chi connectivity index (χ1n) is 10.9. The highest BCUT2D eigenvalue weighted by atomic mass is 16.3. The van der Waals surface area contributed by atoms with Crippen LogP contribution in [0.15, 0.2) is 0 Å². The lowest BCUT2D eigenvalue weighted by molar-refractivity contribution is -0.168. The maximum Gasteiger partial charge on any atom is 0.139 e. The topological polar surface area (TPSA) is 54.4 Å². The third kappa shape index (κ3) is 2.34. The quantitative estimate of drug-likeness (QED) is 0.800. The minimum absolute atomic E-state index is 0.0298. The van der Waals surface area contributed by atoms with Crippen molar-refractivity contribution in [2.24, 2.45) is 52.3 Å². The monoisotopic (exact) mass is 360 g/mol. The van der Waals surface area contributed by atoms with Crippen LogP contribution >= 0.6 is 0 Å². The van der Waals surface area contributed by atoms with E-state index in [1.807, 2.05) is 0 Å². The number of fused-ring (bicyclic) bond motifs is 5. The van der Waals surface area contributed by atoms with Gasteiger partial charge < -0.3 is 5.11 Å². The van der Waals surface area contributed by atoms with E-state index in [2.05, 4.69) is 27.7 Å². The predicted octanol–water partition coefficient (Wildman–Crippen LogP) is 4.27. The van der Waals surface area contributed by atoms with Crippen LogP contribution in [0.5, 0.6) is 0 Å². The Bertz CT molecular complexity index is 613. The Labute approximate surface area is 158 Å². The van der Waals surface area contributed by atoms with Gasteiger partial charge in [-0.05, 0) is 72.5 Å². The second kappa shape index (κ2) is 6.15. The number of ketones is 2. The number of carbonyl (C=O) groups excluding carboxylic acids is 2. The van der Waals surface area contributed by atoms with Crippen molar-refractivity contribution in [2.75, 3.05) is 6.61 Å². The maximum absolute atomic E-state index is 13.5. The molecule has 0 aliphatic heterocycles.